The fraction of sp³-hybridized carbons (Fsp3) is 0.130. The first-order valence-electron chi connectivity index (χ1n) is 9.22. The Morgan fingerprint density at radius 2 is 1.86 bits per heavy atom. The molecule has 2 aromatic heterocycles. The fourth-order valence-corrected chi connectivity index (χ4v) is 3.87. The molecule has 2 aromatic carbocycles. The van der Waals surface area contributed by atoms with Gasteiger partial charge in [0.05, 0.1) is 29.8 Å². The van der Waals surface area contributed by atoms with Crippen molar-refractivity contribution in [3.8, 4) is 5.75 Å². The van der Waals surface area contributed by atoms with E-state index in [9.17, 15) is 14.7 Å². The van der Waals surface area contributed by atoms with Crippen molar-refractivity contribution in [1.82, 2.24) is 4.90 Å². The molecule has 0 saturated heterocycles. The minimum absolute atomic E-state index is 0.0518. The molecule has 0 saturated carbocycles. The van der Waals surface area contributed by atoms with Gasteiger partial charge in [0.2, 0.25) is 5.76 Å². The molecule has 0 radical (unpaired) electrons. The fourth-order valence-electron chi connectivity index (χ4n) is 3.87. The third-order valence-electron chi connectivity index (χ3n) is 5.24. The zero-order chi connectivity index (χ0) is 20.1. The first kappa shape index (κ1) is 17.3. The van der Waals surface area contributed by atoms with E-state index in [2.05, 4.69) is 0 Å². The van der Waals surface area contributed by atoms with E-state index in [0.717, 1.165) is 5.56 Å². The van der Waals surface area contributed by atoms with Crippen LogP contribution in [0.1, 0.15) is 39.0 Å². The maximum Gasteiger partial charge on any atom is 0.291 e. The lowest BCUT2D eigenvalue weighted by Gasteiger charge is -2.24. The number of phenolic OH excluding ortho intramolecular Hbond substituents is 1. The normalized spacial score (nSPS) is 15.8. The monoisotopic (exact) mass is 387 g/mol. The molecule has 1 aliphatic heterocycles. The average Bonchev–Trinajstić information content (AvgIpc) is 3.32. The SMILES string of the molecule is Cc1ccc2oc3c(c(=O)c2c1)[C@H](c1ccc(O)cc1)N(Cc1ccco1)C3=O. The Hall–Kier alpha value is -3.80. The van der Waals surface area contributed by atoms with Gasteiger partial charge in [0.15, 0.2) is 5.43 Å². The van der Waals surface area contributed by atoms with Crippen molar-refractivity contribution < 1.29 is 18.7 Å². The van der Waals surface area contributed by atoms with Crippen molar-refractivity contribution in [1.29, 1.82) is 0 Å². The summed E-state index contributed by atoms with van der Waals surface area (Å²) in [6, 6.07) is 14.7. The zero-order valence-electron chi connectivity index (χ0n) is 15.6. The van der Waals surface area contributed by atoms with E-state index >= 15 is 0 Å². The van der Waals surface area contributed by atoms with Crippen LogP contribution < -0.4 is 5.43 Å². The van der Waals surface area contributed by atoms with Gasteiger partial charge in [-0.1, -0.05) is 23.8 Å². The lowest BCUT2D eigenvalue weighted by atomic mass is 9.98. The van der Waals surface area contributed by atoms with E-state index in [4.69, 9.17) is 8.83 Å². The molecule has 1 atom stereocenters. The van der Waals surface area contributed by atoms with Crippen LogP contribution in [0.5, 0.6) is 5.75 Å². The highest BCUT2D eigenvalue weighted by Crippen LogP contribution is 2.39. The van der Waals surface area contributed by atoms with E-state index in [1.54, 1.807) is 47.6 Å². The molecule has 4 aromatic rings. The zero-order valence-corrected chi connectivity index (χ0v) is 15.6. The number of phenols is 1. The molecule has 0 unspecified atom stereocenters. The van der Waals surface area contributed by atoms with Gasteiger partial charge in [-0.25, -0.2) is 0 Å². The average molecular weight is 387 g/mol. The Labute approximate surface area is 165 Å². The predicted octanol–water partition coefficient (Wildman–Crippen LogP) is 4.15. The highest BCUT2D eigenvalue weighted by Gasteiger charge is 2.43. The van der Waals surface area contributed by atoms with Gasteiger partial charge in [0.1, 0.15) is 17.1 Å². The van der Waals surface area contributed by atoms with Crippen LogP contribution in [0.4, 0.5) is 0 Å². The number of nitrogens with zero attached hydrogens (tertiary/aromatic N) is 1. The molecular weight excluding hydrogens is 370 g/mol. The topological polar surface area (TPSA) is 83.9 Å². The van der Waals surface area contributed by atoms with Gasteiger partial charge >= 0.3 is 0 Å². The van der Waals surface area contributed by atoms with Crippen LogP contribution in [0.2, 0.25) is 0 Å². The van der Waals surface area contributed by atoms with Gasteiger partial charge in [-0.3, -0.25) is 9.59 Å². The van der Waals surface area contributed by atoms with Crippen molar-refractivity contribution in [3.05, 3.63) is 99.3 Å². The van der Waals surface area contributed by atoms with Gasteiger partial charge < -0.3 is 18.8 Å². The summed E-state index contributed by atoms with van der Waals surface area (Å²) < 4.78 is 11.3. The van der Waals surface area contributed by atoms with Gasteiger partial charge in [0.25, 0.3) is 5.91 Å². The third-order valence-corrected chi connectivity index (χ3v) is 5.24. The maximum atomic E-state index is 13.4. The first-order valence-corrected chi connectivity index (χ1v) is 9.22. The summed E-state index contributed by atoms with van der Waals surface area (Å²) in [6.45, 7) is 2.09. The molecule has 6 nitrogen and oxygen atoms in total. The molecule has 1 N–H and O–H groups in total. The second-order valence-electron chi connectivity index (χ2n) is 7.18. The lowest BCUT2D eigenvalue weighted by molar-refractivity contribution is 0.0701. The summed E-state index contributed by atoms with van der Waals surface area (Å²) >= 11 is 0. The number of aromatic hydroxyl groups is 1. The summed E-state index contributed by atoms with van der Waals surface area (Å²) in [5.74, 6) is 0.393. The number of benzene rings is 2. The number of carbonyl (C=O) groups excluding carboxylic acids is 1. The van der Waals surface area contributed by atoms with E-state index in [-0.39, 0.29) is 29.4 Å². The predicted molar refractivity (Wildman–Crippen MR) is 106 cm³/mol. The number of rotatable bonds is 3. The lowest BCUT2D eigenvalue weighted by Crippen LogP contribution is -2.29. The molecular formula is C23H17NO5. The Balaban J connectivity index is 1.75. The van der Waals surface area contributed by atoms with Crippen molar-refractivity contribution in [3.63, 3.8) is 0 Å². The summed E-state index contributed by atoms with van der Waals surface area (Å²) in [5.41, 5.74) is 2.11. The van der Waals surface area contributed by atoms with E-state index < -0.39 is 6.04 Å². The largest absolute Gasteiger partial charge is 0.508 e. The van der Waals surface area contributed by atoms with Crippen LogP contribution in [0.3, 0.4) is 0 Å². The van der Waals surface area contributed by atoms with Gasteiger partial charge in [-0.2, -0.15) is 0 Å². The van der Waals surface area contributed by atoms with Gasteiger partial charge in [-0.05, 0) is 48.9 Å². The van der Waals surface area contributed by atoms with E-state index in [1.165, 1.54) is 12.1 Å². The second kappa shape index (κ2) is 6.38. The van der Waals surface area contributed by atoms with Gasteiger partial charge in [0, 0.05) is 0 Å². The molecule has 1 aliphatic rings. The van der Waals surface area contributed by atoms with Crippen molar-refractivity contribution >= 4 is 16.9 Å². The Bertz CT molecular complexity index is 1290. The molecule has 0 fully saturated rings. The number of fused-ring (bicyclic) bond motifs is 2. The summed E-state index contributed by atoms with van der Waals surface area (Å²) in [7, 11) is 0. The summed E-state index contributed by atoms with van der Waals surface area (Å²) in [4.78, 5) is 28.2. The summed E-state index contributed by atoms with van der Waals surface area (Å²) in [5, 5.41) is 10.1. The highest BCUT2D eigenvalue weighted by atomic mass is 16.4. The molecule has 0 aliphatic carbocycles. The number of furan rings is 1. The van der Waals surface area contributed by atoms with Crippen LogP contribution in [0.25, 0.3) is 11.0 Å². The minimum Gasteiger partial charge on any atom is -0.508 e. The molecule has 3 heterocycles. The smallest absolute Gasteiger partial charge is 0.291 e. The number of hydrogen-bond donors (Lipinski definition) is 1. The number of hydrogen-bond acceptors (Lipinski definition) is 5. The summed E-state index contributed by atoms with van der Waals surface area (Å²) in [6.07, 6.45) is 1.54. The minimum atomic E-state index is -0.635. The maximum absolute atomic E-state index is 13.4. The van der Waals surface area contributed by atoms with Crippen LogP contribution in [-0.2, 0) is 6.54 Å². The molecule has 6 heteroatoms. The number of amides is 1. The molecule has 144 valence electrons. The third kappa shape index (κ3) is 2.72. The molecule has 1 amide bonds. The van der Waals surface area contributed by atoms with Gasteiger partial charge in [-0.15, -0.1) is 0 Å². The number of carbonyl (C=O) groups is 1. The first-order chi connectivity index (χ1) is 14.0. The molecule has 0 spiro atoms. The highest BCUT2D eigenvalue weighted by molar-refractivity contribution is 5.99. The molecule has 5 rings (SSSR count). The van der Waals surface area contributed by atoms with Crippen molar-refractivity contribution in [2.75, 3.05) is 0 Å². The van der Waals surface area contributed by atoms with Crippen LogP contribution >= 0.6 is 0 Å². The molecule has 0 bridgehead atoms. The Morgan fingerprint density at radius 1 is 1.07 bits per heavy atom. The Morgan fingerprint density at radius 3 is 2.59 bits per heavy atom. The van der Waals surface area contributed by atoms with Crippen LogP contribution in [0, 0.1) is 6.92 Å². The van der Waals surface area contributed by atoms with Crippen molar-refractivity contribution in [2.45, 2.75) is 19.5 Å². The van der Waals surface area contributed by atoms with E-state index in [1.807, 2.05) is 13.0 Å². The molecule has 29 heavy (non-hydrogen) atoms. The standard InChI is InChI=1S/C23H17NO5/c1-13-4-9-18-17(11-13)21(26)19-20(14-5-7-15(25)8-6-14)24(23(27)22(19)29-18)12-16-3-2-10-28-16/h2-11,20,25H,12H2,1H3/t20-/m0/s1. The number of aryl methyl sites for hydroxylation is 1. The Kier molecular flexibility index (Phi) is 3.81. The van der Waals surface area contributed by atoms with E-state index in [0.29, 0.717) is 27.9 Å². The quantitative estimate of drug-likeness (QED) is 0.571. The van der Waals surface area contributed by atoms with Crippen LogP contribution in [-0.4, -0.2) is 15.9 Å². The van der Waals surface area contributed by atoms with Crippen molar-refractivity contribution in [2.24, 2.45) is 0 Å². The van der Waals surface area contributed by atoms with Crippen LogP contribution in [0.15, 0.2) is 74.5 Å². The second-order valence-corrected chi connectivity index (χ2v) is 7.18.